The maximum Gasteiger partial charge on any atom is 0.231 e. The molecule has 3 heterocycles. The van der Waals surface area contributed by atoms with Crippen molar-refractivity contribution in [2.75, 3.05) is 4.90 Å². The van der Waals surface area contributed by atoms with E-state index in [1.807, 2.05) is 0 Å². The van der Waals surface area contributed by atoms with Crippen molar-refractivity contribution >= 4 is 39.0 Å². The summed E-state index contributed by atoms with van der Waals surface area (Å²) in [5.74, 6) is 1.23. The van der Waals surface area contributed by atoms with Gasteiger partial charge < -0.3 is 9.47 Å². The number of fused-ring (bicyclic) bond motifs is 6. The van der Waals surface area contributed by atoms with Crippen LogP contribution in [0.1, 0.15) is 47.9 Å². The summed E-state index contributed by atoms with van der Waals surface area (Å²) in [7, 11) is 0. The van der Waals surface area contributed by atoms with E-state index in [4.69, 9.17) is 9.97 Å². The van der Waals surface area contributed by atoms with E-state index >= 15 is 0 Å². The number of para-hydroxylation sites is 2. The zero-order valence-electron chi connectivity index (χ0n) is 31.0. The first-order chi connectivity index (χ1) is 27.8. The average Bonchev–Trinajstić information content (AvgIpc) is 3.79. The predicted octanol–water partition coefficient (Wildman–Crippen LogP) is 13.0. The molecule has 0 amide bonds. The number of nitrogens with zero attached hydrogens (tertiary/aromatic N) is 4. The summed E-state index contributed by atoms with van der Waals surface area (Å²) >= 11 is 0. The first kappa shape index (κ1) is 32.6. The Morgan fingerprint density at radius 3 is 2.11 bits per heavy atom. The van der Waals surface area contributed by atoms with Crippen LogP contribution in [0, 0.1) is 0 Å². The Bertz CT molecular complexity index is 2850. The molecule has 3 atom stereocenters. The minimum Gasteiger partial charge on any atom is -0.309 e. The first-order valence-electron chi connectivity index (χ1n) is 19.9. The summed E-state index contributed by atoms with van der Waals surface area (Å²) < 4.78 is 2.40. The van der Waals surface area contributed by atoms with Gasteiger partial charge in [0.05, 0.1) is 28.5 Å². The van der Waals surface area contributed by atoms with Crippen molar-refractivity contribution in [3.8, 4) is 28.1 Å². The van der Waals surface area contributed by atoms with Crippen LogP contribution in [-0.4, -0.2) is 20.6 Å². The number of hydrogen-bond donors (Lipinski definition) is 0. The molecule has 6 aromatic carbocycles. The molecule has 8 aromatic rings. The summed E-state index contributed by atoms with van der Waals surface area (Å²) in [6, 6.07) is 56.9. The van der Waals surface area contributed by atoms with Crippen LogP contribution in [0.15, 0.2) is 188 Å². The Morgan fingerprint density at radius 1 is 0.571 bits per heavy atom. The molecule has 4 nitrogen and oxygen atoms in total. The third-order valence-electron chi connectivity index (χ3n) is 11.9. The number of rotatable bonds is 6. The van der Waals surface area contributed by atoms with E-state index in [0.717, 1.165) is 41.4 Å². The summed E-state index contributed by atoms with van der Waals surface area (Å²) in [4.78, 5) is 13.0. The van der Waals surface area contributed by atoms with Crippen LogP contribution in [-0.2, 0) is 0 Å². The largest absolute Gasteiger partial charge is 0.309 e. The Hall–Kier alpha value is -6.78. The van der Waals surface area contributed by atoms with Crippen LogP contribution in [0.5, 0.6) is 0 Å². The van der Waals surface area contributed by atoms with E-state index in [-0.39, 0.29) is 12.0 Å². The van der Waals surface area contributed by atoms with Gasteiger partial charge in [-0.2, -0.15) is 0 Å². The SMILES string of the molecule is C1=CC(c2cc(-c3ccccc3)nc(N3c4ccccc4C4C=C(c5ccc6c(c5)c5ccccc5n6-c5ccc(-c6ccccc6)cc5)C=CC43)n2)CCC1. The van der Waals surface area contributed by atoms with Crippen LogP contribution >= 0.6 is 0 Å². The number of benzene rings is 6. The van der Waals surface area contributed by atoms with Crippen LogP contribution in [0.25, 0.3) is 55.5 Å². The Morgan fingerprint density at radius 2 is 1.29 bits per heavy atom. The third-order valence-corrected chi connectivity index (χ3v) is 11.9. The highest BCUT2D eigenvalue weighted by Crippen LogP contribution is 2.49. The summed E-state index contributed by atoms with van der Waals surface area (Å²) in [5, 5.41) is 2.51. The fourth-order valence-electron chi connectivity index (χ4n) is 9.20. The number of anilines is 2. The van der Waals surface area contributed by atoms with Crippen molar-refractivity contribution in [2.24, 2.45) is 0 Å². The van der Waals surface area contributed by atoms with Gasteiger partial charge in [0.15, 0.2) is 0 Å². The molecule has 2 aliphatic carbocycles. The van der Waals surface area contributed by atoms with Gasteiger partial charge in [-0.1, -0.05) is 146 Å². The number of allylic oxidation sites excluding steroid dienone is 4. The van der Waals surface area contributed by atoms with Crippen molar-refractivity contribution in [3.63, 3.8) is 0 Å². The molecule has 4 heteroatoms. The Kier molecular flexibility index (Phi) is 7.87. The molecule has 1 aliphatic heterocycles. The lowest BCUT2D eigenvalue weighted by atomic mass is 9.86. The summed E-state index contributed by atoms with van der Waals surface area (Å²) in [6.45, 7) is 0. The van der Waals surface area contributed by atoms with E-state index in [2.05, 4.69) is 198 Å². The highest BCUT2D eigenvalue weighted by molar-refractivity contribution is 6.10. The van der Waals surface area contributed by atoms with Gasteiger partial charge in [-0.3, -0.25) is 0 Å². The molecular formula is C52H40N4. The number of hydrogen-bond acceptors (Lipinski definition) is 3. The normalized spacial score (nSPS) is 18.6. The summed E-state index contributed by atoms with van der Waals surface area (Å²) in [5.41, 5.74) is 14.2. The monoisotopic (exact) mass is 720 g/mol. The topological polar surface area (TPSA) is 34.0 Å². The quantitative estimate of drug-likeness (QED) is 0.160. The Labute approximate surface area is 327 Å². The second-order valence-corrected chi connectivity index (χ2v) is 15.2. The second-order valence-electron chi connectivity index (χ2n) is 15.2. The molecule has 0 saturated heterocycles. The molecule has 2 aromatic heterocycles. The minimum absolute atomic E-state index is 0.0708. The third kappa shape index (κ3) is 5.52. The van der Waals surface area contributed by atoms with Crippen LogP contribution in [0.4, 0.5) is 11.6 Å². The molecule has 0 saturated carbocycles. The zero-order chi connectivity index (χ0) is 37.0. The van der Waals surface area contributed by atoms with E-state index in [1.54, 1.807) is 0 Å². The molecule has 0 N–H and O–H groups in total. The molecule has 11 rings (SSSR count). The van der Waals surface area contributed by atoms with Gasteiger partial charge in [0, 0.05) is 39.5 Å². The number of aromatic nitrogens is 3. The van der Waals surface area contributed by atoms with Gasteiger partial charge in [-0.25, -0.2) is 9.97 Å². The van der Waals surface area contributed by atoms with Crippen LogP contribution in [0.2, 0.25) is 0 Å². The maximum absolute atomic E-state index is 5.35. The van der Waals surface area contributed by atoms with Gasteiger partial charge in [0.1, 0.15) is 0 Å². The zero-order valence-corrected chi connectivity index (χ0v) is 31.0. The molecule has 0 fully saturated rings. The van der Waals surface area contributed by atoms with Crippen molar-refractivity contribution in [3.05, 3.63) is 205 Å². The lowest BCUT2D eigenvalue weighted by Gasteiger charge is -2.29. The first-order valence-corrected chi connectivity index (χ1v) is 19.9. The predicted molar refractivity (Wildman–Crippen MR) is 232 cm³/mol. The van der Waals surface area contributed by atoms with Gasteiger partial charge in [-0.15, -0.1) is 0 Å². The highest BCUT2D eigenvalue weighted by atomic mass is 15.3. The van der Waals surface area contributed by atoms with E-state index in [9.17, 15) is 0 Å². The van der Waals surface area contributed by atoms with Gasteiger partial charge in [0.25, 0.3) is 0 Å². The van der Waals surface area contributed by atoms with Gasteiger partial charge >= 0.3 is 0 Å². The standard InChI is InChI=1S/C52H40N4/c1-4-14-35(15-5-1)36-24-28-41(29-25-36)55-48-22-12-10-20-42(48)44-32-39(26-30-50(44)55)40-27-31-51-45(33-40)43-21-11-13-23-49(43)56(51)52-53-46(37-16-6-2-7-17-37)34-47(54-52)38-18-8-3-9-19-38/h1-2,4-8,10-18,20-34,38,45,51H,3,9,19H2. The maximum atomic E-state index is 5.35. The van der Waals surface area contributed by atoms with Gasteiger partial charge in [0.2, 0.25) is 5.95 Å². The fraction of sp³-hybridized carbons (Fsp3) is 0.115. The van der Waals surface area contributed by atoms with E-state index < -0.39 is 0 Å². The van der Waals surface area contributed by atoms with Crippen LogP contribution in [0.3, 0.4) is 0 Å². The molecule has 0 radical (unpaired) electrons. The van der Waals surface area contributed by atoms with Crippen molar-refractivity contribution in [1.29, 1.82) is 0 Å². The lowest BCUT2D eigenvalue weighted by Crippen LogP contribution is -2.30. The smallest absolute Gasteiger partial charge is 0.231 e. The van der Waals surface area contributed by atoms with Crippen molar-refractivity contribution in [1.82, 2.24) is 14.5 Å². The molecule has 56 heavy (non-hydrogen) atoms. The molecule has 3 aliphatic rings. The molecule has 268 valence electrons. The van der Waals surface area contributed by atoms with Crippen molar-refractivity contribution in [2.45, 2.75) is 37.1 Å². The molecule has 0 spiro atoms. The van der Waals surface area contributed by atoms with Gasteiger partial charge in [-0.05, 0) is 89.6 Å². The Balaban J connectivity index is 0.981. The summed E-state index contributed by atoms with van der Waals surface area (Å²) in [6.07, 6.45) is 15.3. The lowest BCUT2D eigenvalue weighted by molar-refractivity contribution is 0.637. The average molecular weight is 721 g/mol. The molecule has 0 bridgehead atoms. The van der Waals surface area contributed by atoms with E-state index in [0.29, 0.717) is 5.92 Å². The molecule has 3 unspecified atom stereocenters. The fourth-order valence-corrected chi connectivity index (χ4v) is 9.20. The second kappa shape index (κ2) is 13.5. The van der Waals surface area contributed by atoms with E-state index in [1.165, 1.54) is 61.7 Å². The minimum atomic E-state index is 0.0708. The van der Waals surface area contributed by atoms with Crippen molar-refractivity contribution < 1.29 is 0 Å². The molecular weight excluding hydrogens is 681 g/mol. The van der Waals surface area contributed by atoms with Crippen LogP contribution < -0.4 is 4.90 Å². The highest BCUT2D eigenvalue weighted by Gasteiger charge is 2.40.